The molecule has 0 fully saturated rings. The van der Waals surface area contributed by atoms with E-state index in [2.05, 4.69) is 58.5 Å². The SMILES string of the molecule is CNCC(C)=Cc1ccc(Br)cc1. The minimum absolute atomic E-state index is 0.941. The van der Waals surface area contributed by atoms with E-state index >= 15 is 0 Å². The maximum Gasteiger partial charge on any atom is 0.0175 e. The van der Waals surface area contributed by atoms with Gasteiger partial charge in [-0.3, -0.25) is 0 Å². The van der Waals surface area contributed by atoms with E-state index in [4.69, 9.17) is 0 Å². The number of hydrogen-bond acceptors (Lipinski definition) is 1. The van der Waals surface area contributed by atoms with Crippen LogP contribution in [-0.4, -0.2) is 13.6 Å². The van der Waals surface area contributed by atoms with Gasteiger partial charge in [0.15, 0.2) is 0 Å². The van der Waals surface area contributed by atoms with Crippen LogP contribution in [0.1, 0.15) is 12.5 Å². The largest absolute Gasteiger partial charge is 0.316 e. The van der Waals surface area contributed by atoms with E-state index in [1.54, 1.807) is 0 Å². The molecule has 0 unspecified atom stereocenters. The minimum Gasteiger partial charge on any atom is -0.316 e. The van der Waals surface area contributed by atoms with E-state index in [0.29, 0.717) is 0 Å². The Balaban J connectivity index is 2.73. The molecule has 0 radical (unpaired) electrons. The molecule has 1 nitrogen and oxygen atoms in total. The molecule has 1 aromatic rings. The average Bonchev–Trinajstić information content (AvgIpc) is 2.09. The summed E-state index contributed by atoms with van der Waals surface area (Å²) >= 11 is 3.41. The molecule has 0 aliphatic carbocycles. The third kappa shape index (κ3) is 3.75. The Morgan fingerprint density at radius 1 is 1.38 bits per heavy atom. The van der Waals surface area contributed by atoms with Crippen LogP contribution in [0.25, 0.3) is 6.08 Å². The lowest BCUT2D eigenvalue weighted by Crippen LogP contribution is -2.08. The van der Waals surface area contributed by atoms with E-state index in [1.807, 2.05) is 7.05 Å². The average molecular weight is 240 g/mol. The van der Waals surface area contributed by atoms with Gasteiger partial charge in [-0.25, -0.2) is 0 Å². The van der Waals surface area contributed by atoms with Gasteiger partial charge in [-0.1, -0.05) is 39.7 Å². The number of likely N-dealkylation sites (N-methyl/N-ethyl adjacent to an activating group) is 1. The standard InChI is InChI=1S/C11H14BrN/c1-9(8-13-2)7-10-3-5-11(12)6-4-10/h3-7,13H,8H2,1-2H3. The van der Waals surface area contributed by atoms with Crippen molar-refractivity contribution >= 4 is 22.0 Å². The molecule has 0 saturated heterocycles. The quantitative estimate of drug-likeness (QED) is 0.856. The van der Waals surface area contributed by atoms with Crippen LogP contribution >= 0.6 is 15.9 Å². The zero-order valence-corrected chi connectivity index (χ0v) is 9.56. The number of benzene rings is 1. The maximum absolute atomic E-state index is 3.41. The van der Waals surface area contributed by atoms with Crippen molar-refractivity contribution in [3.63, 3.8) is 0 Å². The van der Waals surface area contributed by atoms with Gasteiger partial charge in [-0.2, -0.15) is 0 Å². The zero-order valence-electron chi connectivity index (χ0n) is 7.97. The summed E-state index contributed by atoms with van der Waals surface area (Å²) in [5.74, 6) is 0. The highest BCUT2D eigenvalue weighted by molar-refractivity contribution is 9.10. The van der Waals surface area contributed by atoms with Crippen molar-refractivity contribution in [1.29, 1.82) is 0 Å². The molecule has 0 amide bonds. The second kappa shape index (κ2) is 5.20. The predicted molar refractivity (Wildman–Crippen MR) is 61.7 cm³/mol. The van der Waals surface area contributed by atoms with Crippen molar-refractivity contribution in [3.05, 3.63) is 39.9 Å². The summed E-state index contributed by atoms with van der Waals surface area (Å²) in [6, 6.07) is 8.31. The smallest absolute Gasteiger partial charge is 0.0175 e. The molecule has 1 aromatic carbocycles. The van der Waals surface area contributed by atoms with Crippen molar-refractivity contribution in [2.75, 3.05) is 13.6 Å². The summed E-state index contributed by atoms with van der Waals surface area (Å²) in [6.45, 7) is 3.06. The fourth-order valence-corrected chi connectivity index (χ4v) is 1.44. The molecule has 2 heteroatoms. The molecule has 0 spiro atoms. The van der Waals surface area contributed by atoms with Crippen molar-refractivity contribution in [1.82, 2.24) is 5.32 Å². The lowest BCUT2D eigenvalue weighted by atomic mass is 10.1. The van der Waals surface area contributed by atoms with Crippen molar-refractivity contribution < 1.29 is 0 Å². The highest BCUT2D eigenvalue weighted by atomic mass is 79.9. The molecule has 0 aromatic heterocycles. The third-order valence-electron chi connectivity index (χ3n) is 1.74. The monoisotopic (exact) mass is 239 g/mol. The Labute approximate surface area is 88.0 Å². The lowest BCUT2D eigenvalue weighted by molar-refractivity contribution is 0.884. The maximum atomic E-state index is 3.41. The van der Waals surface area contributed by atoms with Gasteiger partial charge in [0, 0.05) is 11.0 Å². The molecule has 13 heavy (non-hydrogen) atoms. The van der Waals surface area contributed by atoms with Gasteiger partial charge in [0.05, 0.1) is 0 Å². The molecule has 0 aliphatic rings. The van der Waals surface area contributed by atoms with Crippen molar-refractivity contribution in [2.45, 2.75) is 6.92 Å². The number of hydrogen-bond donors (Lipinski definition) is 1. The summed E-state index contributed by atoms with van der Waals surface area (Å²) in [4.78, 5) is 0. The van der Waals surface area contributed by atoms with Crippen LogP contribution in [0.5, 0.6) is 0 Å². The first-order valence-corrected chi connectivity index (χ1v) is 5.09. The second-order valence-electron chi connectivity index (χ2n) is 3.07. The fourth-order valence-electron chi connectivity index (χ4n) is 1.17. The van der Waals surface area contributed by atoms with E-state index in [0.717, 1.165) is 11.0 Å². The van der Waals surface area contributed by atoms with Gasteiger partial charge in [-0.15, -0.1) is 0 Å². The highest BCUT2D eigenvalue weighted by Crippen LogP contribution is 2.12. The van der Waals surface area contributed by atoms with E-state index in [-0.39, 0.29) is 0 Å². The van der Waals surface area contributed by atoms with Crippen LogP contribution in [-0.2, 0) is 0 Å². The van der Waals surface area contributed by atoms with Gasteiger partial charge in [0.1, 0.15) is 0 Å². The number of rotatable bonds is 3. The topological polar surface area (TPSA) is 12.0 Å². The summed E-state index contributed by atoms with van der Waals surface area (Å²) in [5, 5.41) is 3.12. The van der Waals surface area contributed by atoms with Gasteiger partial charge >= 0.3 is 0 Å². The normalized spacial score (nSPS) is 11.8. The van der Waals surface area contributed by atoms with Crippen molar-refractivity contribution in [2.24, 2.45) is 0 Å². The molecule has 70 valence electrons. The van der Waals surface area contributed by atoms with E-state index < -0.39 is 0 Å². The van der Waals surface area contributed by atoms with Crippen LogP contribution < -0.4 is 5.32 Å². The Hall–Kier alpha value is -0.600. The second-order valence-corrected chi connectivity index (χ2v) is 3.99. The van der Waals surface area contributed by atoms with Crippen LogP contribution in [0.15, 0.2) is 34.3 Å². The van der Waals surface area contributed by atoms with E-state index in [1.165, 1.54) is 11.1 Å². The fraction of sp³-hybridized carbons (Fsp3) is 0.273. The summed E-state index contributed by atoms with van der Waals surface area (Å²) in [5.41, 5.74) is 2.58. The summed E-state index contributed by atoms with van der Waals surface area (Å²) < 4.78 is 1.12. The summed E-state index contributed by atoms with van der Waals surface area (Å²) in [6.07, 6.45) is 2.18. The highest BCUT2D eigenvalue weighted by Gasteiger charge is 1.90. The third-order valence-corrected chi connectivity index (χ3v) is 2.27. The molecule has 1 rings (SSSR count). The van der Waals surface area contributed by atoms with Gasteiger partial charge in [0.2, 0.25) is 0 Å². The molecular weight excluding hydrogens is 226 g/mol. The number of halogens is 1. The van der Waals surface area contributed by atoms with Crippen LogP contribution in [0.3, 0.4) is 0 Å². The molecule has 0 bridgehead atoms. The first-order chi connectivity index (χ1) is 6.22. The zero-order chi connectivity index (χ0) is 9.68. The van der Waals surface area contributed by atoms with E-state index in [9.17, 15) is 0 Å². The van der Waals surface area contributed by atoms with Crippen LogP contribution in [0, 0.1) is 0 Å². The van der Waals surface area contributed by atoms with Crippen molar-refractivity contribution in [3.8, 4) is 0 Å². The first-order valence-electron chi connectivity index (χ1n) is 4.29. The lowest BCUT2D eigenvalue weighted by Gasteiger charge is -1.99. The Morgan fingerprint density at radius 3 is 2.54 bits per heavy atom. The van der Waals surface area contributed by atoms with Crippen LogP contribution in [0.4, 0.5) is 0 Å². The molecule has 0 heterocycles. The Bertz CT molecular complexity index is 287. The van der Waals surface area contributed by atoms with Gasteiger partial charge in [-0.05, 0) is 31.7 Å². The summed E-state index contributed by atoms with van der Waals surface area (Å²) in [7, 11) is 1.96. The van der Waals surface area contributed by atoms with Gasteiger partial charge in [0.25, 0.3) is 0 Å². The minimum atomic E-state index is 0.941. The van der Waals surface area contributed by atoms with Gasteiger partial charge < -0.3 is 5.32 Å². The Morgan fingerprint density at radius 2 is 2.00 bits per heavy atom. The number of nitrogens with one attached hydrogen (secondary N) is 1. The first kappa shape index (κ1) is 10.5. The predicted octanol–water partition coefficient (Wildman–Crippen LogP) is 3.07. The molecule has 0 saturated carbocycles. The molecule has 0 aliphatic heterocycles. The Kier molecular flexibility index (Phi) is 4.19. The molecule has 0 atom stereocenters. The molecule has 1 N–H and O–H groups in total. The van der Waals surface area contributed by atoms with Crippen LogP contribution in [0.2, 0.25) is 0 Å². The molecular formula is C11H14BrN.